The van der Waals surface area contributed by atoms with Gasteiger partial charge in [-0.1, -0.05) is 11.6 Å². The lowest BCUT2D eigenvalue weighted by Crippen LogP contribution is -2.18. The molecular formula is C9H15N3O2. The van der Waals surface area contributed by atoms with Crippen molar-refractivity contribution in [3.8, 4) is 0 Å². The molecule has 14 heavy (non-hydrogen) atoms. The summed E-state index contributed by atoms with van der Waals surface area (Å²) in [6.07, 6.45) is 3.56. The minimum absolute atomic E-state index is 0.280. The number of nitrogens with two attached hydrogens (primary N) is 1. The van der Waals surface area contributed by atoms with Crippen LogP contribution in [0.25, 0.3) is 0 Å². The number of rotatable bonds is 4. The standard InChI is InChI=1S/C9H15N3O2/c1-13-5-7(10)8-11-9(14-12-8)6-3-2-4-6/h6-7H,2-5,10H2,1H3. The second-order valence-electron chi connectivity index (χ2n) is 3.68. The maximum atomic E-state index is 5.77. The topological polar surface area (TPSA) is 74.2 Å². The molecule has 1 aromatic rings. The van der Waals surface area contributed by atoms with E-state index < -0.39 is 0 Å². The van der Waals surface area contributed by atoms with Crippen molar-refractivity contribution >= 4 is 0 Å². The fourth-order valence-electron chi connectivity index (χ4n) is 1.47. The van der Waals surface area contributed by atoms with Crippen LogP contribution >= 0.6 is 0 Å². The smallest absolute Gasteiger partial charge is 0.229 e. The quantitative estimate of drug-likeness (QED) is 0.778. The molecule has 1 aromatic heterocycles. The number of ether oxygens (including phenoxy) is 1. The first kappa shape index (κ1) is 9.61. The van der Waals surface area contributed by atoms with Crippen LogP contribution in [0.1, 0.15) is 42.9 Å². The summed E-state index contributed by atoms with van der Waals surface area (Å²) in [6, 6.07) is -0.280. The predicted molar refractivity (Wildman–Crippen MR) is 49.7 cm³/mol. The van der Waals surface area contributed by atoms with Gasteiger partial charge in [0.25, 0.3) is 0 Å². The summed E-state index contributed by atoms with van der Waals surface area (Å²) in [6.45, 7) is 0.420. The fourth-order valence-corrected chi connectivity index (χ4v) is 1.47. The van der Waals surface area contributed by atoms with E-state index in [4.69, 9.17) is 15.0 Å². The van der Waals surface area contributed by atoms with Crippen molar-refractivity contribution in [3.05, 3.63) is 11.7 Å². The molecule has 1 aliphatic carbocycles. The summed E-state index contributed by atoms with van der Waals surface area (Å²) in [7, 11) is 1.60. The van der Waals surface area contributed by atoms with E-state index in [-0.39, 0.29) is 6.04 Å². The molecule has 5 heteroatoms. The first-order valence-corrected chi connectivity index (χ1v) is 4.89. The molecule has 2 rings (SSSR count). The summed E-state index contributed by atoms with van der Waals surface area (Å²) in [4.78, 5) is 4.27. The molecule has 78 valence electrons. The highest BCUT2D eigenvalue weighted by Crippen LogP contribution is 2.35. The molecular weight excluding hydrogens is 182 g/mol. The van der Waals surface area contributed by atoms with Gasteiger partial charge in [0.2, 0.25) is 5.89 Å². The average Bonchev–Trinajstić information content (AvgIpc) is 2.50. The summed E-state index contributed by atoms with van der Waals surface area (Å²) in [5.74, 6) is 1.75. The highest BCUT2D eigenvalue weighted by atomic mass is 16.5. The summed E-state index contributed by atoms with van der Waals surface area (Å²) < 4.78 is 10.1. The molecule has 0 bridgehead atoms. The molecule has 2 N–H and O–H groups in total. The molecule has 5 nitrogen and oxygen atoms in total. The predicted octanol–water partition coefficient (Wildman–Crippen LogP) is 0.983. The van der Waals surface area contributed by atoms with Crippen molar-refractivity contribution in [1.82, 2.24) is 10.1 Å². The third-order valence-electron chi connectivity index (χ3n) is 2.59. The Balaban J connectivity index is 2.01. The van der Waals surface area contributed by atoms with Gasteiger partial charge in [-0.2, -0.15) is 4.98 Å². The van der Waals surface area contributed by atoms with Crippen LogP contribution in [0, 0.1) is 0 Å². The lowest BCUT2D eigenvalue weighted by atomic mass is 9.85. The van der Waals surface area contributed by atoms with Gasteiger partial charge in [-0.3, -0.25) is 0 Å². The van der Waals surface area contributed by atoms with Gasteiger partial charge in [-0.25, -0.2) is 0 Å². The number of hydrogen-bond acceptors (Lipinski definition) is 5. The summed E-state index contributed by atoms with van der Waals surface area (Å²) in [5.41, 5.74) is 5.77. The second kappa shape index (κ2) is 4.06. The van der Waals surface area contributed by atoms with E-state index in [2.05, 4.69) is 10.1 Å². The van der Waals surface area contributed by atoms with Crippen LogP contribution in [0.15, 0.2) is 4.52 Å². The Morgan fingerprint density at radius 2 is 2.43 bits per heavy atom. The molecule has 1 saturated carbocycles. The van der Waals surface area contributed by atoms with Gasteiger partial charge in [0.15, 0.2) is 5.82 Å². The average molecular weight is 197 g/mol. The molecule has 1 fully saturated rings. The first-order valence-electron chi connectivity index (χ1n) is 4.89. The van der Waals surface area contributed by atoms with Gasteiger partial charge in [-0.05, 0) is 12.8 Å². The Labute approximate surface area is 82.6 Å². The maximum Gasteiger partial charge on any atom is 0.229 e. The zero-order valence-electron chi connectivity index (χ0n) is 8.27. The molecule has 0 aromatic carbocycles. The van der Waals surface area contributed by atoms with E-state index in [1.165, 1.54) is 6.42 Å². The van der Waals surface area contributed by atoms with Gasteiger partial charge >= 0.3 is 0 Å². The zero-order chi connectivity index (χ0) is 9.97. The summed E-state index contributed by atoms with van der Waals surface area (Å²) in [5, 5.41) is 3.85. The molecule has 1 aliphatic rings. The van der Waals surface area contributed by atoms with E-state index in [1.54, 1.807) is 7.11 Å². The van der Waals surface area contributed by atoms with Gasteiger partial charge in [0, 0.05) is 13.0 Å². The van der Waals surface area contributed by atoms with Crippen molar-refractivity contribution in [2.75, 3.05) is 13.7 Å². The van der Waals surface area contributed by atoms with Crippen molar-refractivity contribution in [1.29, 1.82) is 0 Å². The third kappa shape index (κ3) is 1.78. The van der Waals surface area contributed by atoms with Crippen molar-refractivity contribution in [2.45, 2.75) is 31.2 Å². The van der Waals surface area contributed by atoms with Crippen LogP contribution in [-0.4, -0.2) is 23.9 Å². The largest absolute Gasteiger partial charge is 0.383 e. The fraction of sp³-hybridized carbons (Fsp3) is 0.778. The van der Waals surface area contributed by atoms with Crippen molar-refractivity contribution in [2.24, 2.45) is 5.73 Å². The zero-order valence-corrected chi connectivity index (χ0v) is 8.27. The van der Waals surface area contributed by atoms with E-state index in [9.17, 15) is 0 Å². The minimum Gasteiger partial charge on any atom is -0.383 e. The molecule has 0 aliphatic heterocycles. The number of aromatic nitrogens is 2. The van der Waals surface area contributed by atoms with Crippen LogP contribution in [-0.2, 0) is 4.74 Å². The molecule has 0 saturated heterocycles. The Morgan fingerprint density at radius 3 is 3.00 bits per heavy atom. The highest BCUT2D eigenvalue weighted by molar-refractivity contribution is 5.00. The lowest BCUT2D eigenvalue weighted by Gasteiger charge is -2.20. The Hall–Kier alpha value is -0.940. The first-order chi connectivity index (χ1) is 6.81. The van der Waals surface area contributed by atoms with Gasteiger partial charge in [0.1, 0.15) is 0 Å². The molecule has 0 amide bonds. The molecule has 1 heterocycles. The monoisotopic (exact) mass is 197 g/mol. The van der Waals surface area contributed by atoms with E-state index in [0.717, 1.165) is 18.7 Å². The number of hydrogen-bond donors (Lipinski definition) is 1. The molecule has 0 spiro atoms. The van der Waals surface area contributed by atoms with Crippen molar-refractivity contribution < 1.29 is 9.26 Å². The highest BCUT2D eigenvalue weighted by Gasteiger charge is 2.26. The third-order valence-corrected chi connectivity index (χ3v) is 2.59. The van der Waals surface area contributed by atoms with Gasteiger partial charge in [0.05, 0.1) is 12.6 Å². The molecule has 0 radical (unpaired) electrons. The van der Waals surface area contributed by atoms with Gasteiger partial charge < -0.3 is 15.0 Å². The van der Waals surface area contributed by atoms with Crippen LogP contribution in [0.5, 0.6) is 0 Å². The van der Waals surface area contributed by atoms with E-state index in [1.807, 2.05) is 0 Å². The number of nitrogens with zero attached hydrogens (tertiary/aromatic N) is 2. The SMILES string of the molecule is COCC(N)c1noc(C2CCC2)n1. The Morgan fingerprint density at radius 1 is 1.64 bits per heavy atom. The van der Waals surface area contributed by atoms with Crippen LogP contribution < -0.4 is 5.73 Å². The van der Waals surface area contributed by atoms with Crippen LogP contribution in [0.4, 0.5) is 0 Å². The Bertz CT molecular complexity index is 296. The number of methoxy groups -OCH3 is 1. The molecule has 1 atom stereocenters. The normalized spacial score (nSPS) is 19.3. The van der Waals surface area contributed by atoms with Crippen LogP contribution in [0.2, 0.25) is 0 Å². The van der Waals surface area contributed by atoms with Crippen molar-refractivity contribution in [3.63, 3.8) is 0 Å². The summed E-state index contributed by atoms with van der Waals surface area (Å²) >= 11 is 0. The molecule has 1 unspecified atom stereocenters. The van der Waals surface area contributed by atoms with E-state index in [0.29, 0.717) is 18.3 Å². The second-order valence-corrected chi connectivity index (χ2v) is 3.68. The van der Waals surface area contributed by atoms with E-state index >= 15 is 0 Å². The minimum atomic E-state index is -0.280. The Kier molecular flexibility index (Phi) is 2.79. The van der Waals surface area contributed by atoms with Crippen LogP contribution in [0.3, 0.4) is 0 Å². The lowest BCUT2D eigenvalue weighted by molar-refractivity contribution is 0.177. The van der Waals surface area contributed by atoms with Gasteiger partial charge in [-0.15, -0.1) is 0 Å². The maximum absolute atomic E-state index is 5.77.